The van der Waals surface area contributed by atoms with Crippen molar-refractivity contribution in [3.63, 3.8) is 0 Å². The summed E-state index contributed by atoms with van der Waals surface area (Å²) >= 11 is 1.37. The Labute approximate surface area is 89.7 Å². The van der Waals surface area contributed by atoms with Crippen molar-refractivity contribution in [2.75, 3.05) is 13.6 Å². The maximum atomic E-state index is 12.8. The molecular weight excluding hydrogens is 225 g/mol. The first-order valence-corrected chi connectivity index (χ1v) is 5.44. The third-order valence-electron chi connectivity index (χ3n) is 2.54. The second kappa shape index (κ2) is 3.45. The van der Waals surface area contributed by atoms with Gasteiger partial charge in [-0.1, -0.05) is 0 Å². The highest BCUT2D eigenvalue weighted by molar-refractivity contribution is 7.11. The molecule has 0 saturated heterocycles. The van der Waals surface area contributed by atoms with Crippen molar-refractivity contribution in [2.24, 2.45) is 0 Å². The van der Waals surface area contributed by atoms with Gasteiger partial charge in [-0.05, 0) is 20.4 Å². The zero-order valence-electron chi connectivity index (χ0n) is 8.43. The Balaban J connectivity index is 2.45. The molecule has 1 aromatic heterocycles. The lowest BCUT2D eigenvalue weighted by Crippen LogP contribution is -2.40. The van der Waals surface area contributed by atoms with E-state index in [-0.39, 0.29) is 5.69 Å². The fourth-order valence-electron chi connectivity index (χ4n) is 1.90. The Bertz CT molecular complexity index is 372. The fourth-order valence-corrected chi connectivity index (χ4v) is 2.85. The molecule has 0 amide bonds. The van der Waals surface area contributed by atoms with Crippen LogP contribution in [-0.4, -0.2) is 29.7 Å². The molecule has 0 aliphatic carbocycles. The van der Waals surface area contributed by atoms with E-state index in [9.17, 15) is 13.2 Å². The van der Waals surface area contributed by atoms with Gasteiger partial charge in [-0.3, -0.25) is 4.90 Å². The van der Waals surface area contributed by atoms with Crippen LogP contribution in [0.1, 0.15) is 21.6 Å². The average Bonchev–Trinajstić information content (AvgIpc) is 2.41. The maximum Gasteiger partial charge on any atom is 0.409 e. The summed E-state index contributed by atoms with van der Waals surface area (Å²) in [4.78, 5) is 6.11. The molecule has 2 rings (SSSR count). The first-order valence-electron chi connectivity index (χ1n) is 4.62. The number of aromatic nitrogens is 1. The molecule has 1 aliphatic rings. The van der Waals surface area contributed by atoms with Crippen molar-refractivity contribution in [1.82, 2.24) is 9.88 Å². The summed E-state index contributed by atoms with van der Waals surface area (Å²) in [7, 11) is 1.50. The van der Waals surface area contributed by atoms with Crippen LogP contribution in [0.15, 0.2) is 0 Å². The summed E-state index contributed by atoms with van der Waals surface area (Å²) in [5.41, 5.74) is 0.207. The van der Waals surface area contributed by atoms with Gasteiger partial charge in [-0.2, -0.15) is 13.2 Å². The number of hydrogen-bond acceptors (Lipinski definition) is 3. The Morgan fingerprint density at radius 1 is 1.47 bits per heavy atom. The van der Waals surface area contributed by atoms with Crippen molar-refractivity contribution in [3.8, 4) is 0 Å². The highest BCUT2D eigenvalue weighted by atomic mass is 32.1. The normalized spacial score (nSPS) is 22.9. The molecular formula is C9H11F3N2S. The predicted molar refractivity (Wildman–Crippen MR) is 52.0 cm³/mol. The number of nitrogens with zero attached hydrogens (tertiary/aromatic N) is 2. The zero-order valence-corrected chi connectivity index (χ0v) is 9.24. The highest BCUT2D eigenvalue weighted by Crippen LogP contribution is 2.42. The summed E-state index contributed by atoms with van der Waals surface area (Å²) in [6, 6.07) is -1.52. The van der Waals surface area contributed by atoms with Gasteiger partial charge in [-0.25, -0.2) is 4.98 Å². The SMILES string of the molecule is Cc1nc2c(s1)CCN(C)C2C(F)(F)F. The number of halogens is 3. The Morgan fingerprint density at radius 2 is 2.13 bits per heavy atom. The first kappa shape index (κ1) is 10.9. The molecule has 0 aromatic carbocycles. The molecule has 1 aromatic rings. The number of aryl methyl sites for hydroxylation is 1. The minimum Gasteiger partial charge on any atom is -0.290 e. The lowest BCUT2D eigenvalue weighted by molar-refractivity contribution is -0.185. The lowest BCUT2D eigenvalue weighted by atomic mass is 10.1. The minimum absolute atomic E-state index is 0.207. The van der Waals surface area contributed by atoms with E-state index in [1.807, 2.05) is 0 Å². The monoisotopic (exact) mass is 236 g/mol. The van der Waals surface area contributed by atoms with Crippen LogP contribution in [0.5, 0.6) is 0 Å². The van der Waals surface area contributed by atoms with E-state index in [1.54, 1.807) is 6.92 Å². The van der Waals surface area contributed by atoms with E-state index >= 15 is 0 Å². The smallest absolute Gasteiger partial charge is 0.290 e. The summed E-state index contributed by atoms with van der Waals surface area (Å²) in [6.45, 7) is 2.19. The Morgan fingerprint density at radius 3 is 2.73 bits per heavy atom. The standard InChI is InChI=1S/C9H11F3N2S/c1-5-13-7-6(15-5)3-4-14(2)8(7)9(10,11)12/h8H,3-4H2,1-2H3. The van der Waals surface area contributed by atoms with E-state index in [0.29, 0.717) is 18.0 Å². The van der Waals surface area contributed by atoms with Crippen LogP contribution in [0.2, 0.25) is 0 Å². The molecule has 0 radical (unpaired) electrons. The molecule has 1 aliphatic heterocycles. The fraction of sp³-hybridized carbons (Fsp3) is 0.667. The molecule has 1 atom stereocenters. The third-order valence-corrected chi connectivity index (χ3v) is 3.58. The number of rotatable bonds is 0. The van der Waals surface area contributed by atoms with Gasteiger partial charge >= 0.3 is 6.18 Å². The second-order valence-corrected chi connectivity index (χ2v) is 5.00. The van der Waals surface area contributed by atoms with Gasteiger partial charge in [0.15, 0.2) is 0 Å². The zero-order chi connectivity index (χ0) is 11.2. The van der Waals surface area contributed by atoms with Crippen LogP contribution in [0.4, 0.5) is 13.2 Å². The number of alkyl halides is 3. The number of likely N-dealkylation sites (N-methyl/N-ethyl adjacent to an activating group) is 1. The summed E-state index contributed by atoms with van der Waals surface area (Å²) in [6.07, 6.45) is -3.56. The predicted octanol–water partition coefficient (Wildman–Crippen LogP) is 2.54. The summed E-state index contributed by atoms with van der Waals surface area (Å²) < 4.78 is 38.4. The molecule has 0 fully saturated rings. The van der Waals surface area contributed by atoms with Gasteiger partial charge in [-0.15, -0.1) is 11.3 Å². The van der Waals surface area contributed by atoms with E-state index in [4.69, 9.17) is 0 Å². The maximum absolute atomic E-state index is 12.8. The lowest BCUT2D eigenvalue weighted by Gasteiger charge is -2.32. The van der Waals surface area contributed by atoms with E-state index in [0.717, 1.165) is 4.88 Å². The van der Waals surface area contributed by atoms with Crippen LogP contribution in [0.3, 0.4) is 0 Å². The largest absolute Gasteiger partial charge is 0.409 e. The molecule has 15 heavy (non-hydrogen) atoms. The minimum atomic E-state index is -4.23. The summed E-state index contributed by atoms with van der Waals surface area (Å²) in [5, 5.41) is 0.713. The van der Waals surface area contributed by atoms with Gasteiger partial charge in [0.2, 0.25) is 0 Å². The van der Waals surface area contributed by atoms with Crippen molar-refractivity contribution in [3.05, 3.63) is 15.6 Å². The van der Waals surface area contributed by atoms with Crippen LogP contribution in [0.25, 0.3) is 0 Å². The van der Waals surface area contributed by atoms with Crippen molar-refractivity contribution in [2.45, 2.75) is 25.6 Å². The van der Waals surface area contributed by atoms with Crippen LogP contribution < -0.4 is 0 Å². The van der Waals surface area contributed by atoms with Gasteiger partial charge in [0, 0.05) is 11.4 Å². The van der Waals surface area contributed by atoms with Crippen molar-refractivity contribution in [1.29, 1.82) is 0 Å². The number of hydrogen-bond donors (Lipinski definition) is 0. The Kier molecular flexibility index (Phi) is 2.50. The molecule has 0 bridgehead atoms. The van der Waals surface area contributed by atoms with E-state index < -0.39 is 12.2 Å². The second-order valence-electron chi connectivity index (χ2n) is 3.72. The molecule has 6 heteroatoms. The molecule has 1 unspecified atom stereocenters. The molecule has 2 heterocycles. The molecule has 0 spiro atoms. The number of fused-ring (bicyclic) bond motifs is 1. The van der Waals surface area contributed by atoms with Crippen LogP contribution in [-0.2, 0) is 6.42 Å². The molecule has 0 saturated carbocycles. The van der Waals surface area contributed by atoms with Crippen LogP contribution >= 0.6 is 11.3 Å². The van der Waals surface area contributed by atoms with Crippen molar-refractivity contribution < 1.29 is 13.2 Å². The van der Waals surface area contributed by atoms with Gasteiger partial charge < -0.3 is 0 Å². The third kappa shape index (κ3) is 1.88. The first-order chi connectivity index (χ1) is 6.89. The quantitative estimate of drug-likeness (QED) is 0.688. The topological polar surface area (TPSA) is 16.1 Å². The van der Waals surface area contributed by atoms with Gasteiger partial charge in [0.1, 0.15) is 6.04 Å². The van der Waals surface area contributed by atoms with E-state index in [2.05, 4.69) is 4.98 Å². The number of thiazole rings is 1. The Hall–Kier alpha value is -0.620. The molecule has 2 nitrogen and oxygen atoms in total. The highest BCUT2D eigenvalue weighted by Gasteiger charge is 2.47. The van der Waals surface area contributed by atoms with E-state index in [1.165, 1.54) is 23.3 Å². The molecule has 0 N–H and O–H groups in total. The molecule has 84 valence electrons. The average molecular weight is 236 g/mol. The summed E-state index contributed by atoms with van der Waals surface area (Å²) in [5.74, 6) is 0. The van der Waals surface area contributed by atoms with Crippen molar-refractivity contribution >= 4 is 11.3 Å². The van der Waals surface area contributed by atoms with Crippen LogP contribution in [0, 0.1) is 6.92 Å². The van der Waals surface area contributed by atoms with Gasteiger partial charge in [0.05, 0.1) is 10.7 Å². The van der Waals surface area contributed by atoms with Gasteiger partial charge in [0.25, 0.3) is 0 Å².